The van der Waals surface area contributed by atoms with Gasteiger partial charge in [0.25, 0.3) is 0 Å². The Morgan fingerprint density at radius 3 is 1.09 bits per heavy atom. The van der Waals surface area contributed by atoms with Crippen molar-refractivity contribution >= 4 is 51.7 Å². The summed E-state index contributed by atoms with van der Waals surface area (Å²) in [7, 11) is 0. The first-order valence-corrected chi connectivity index (χ1v) is 23.3. The Hall–Kier alpha value is -5.25. The van der Waals surface area contributed by atoms with Gasteiger partial charge in [0.2, 0.25) is 0 Å². The largest absolute Gasteiger partial charge is 0.459 e. The molecule has 4 aromatic rings. The van der Waals surface area contributed by atoms with Crippen molar-refractivity contribution in [2.75, 3.05) is 45.8 Å². The highest BCUT2D eigenvalue weighted by atomic mass is 16.6. The van der Waals surface area contributed by atoms with Crippen LogP contribution >= 0.6 is 0 Å². The van der Waals surface area contributed by atoms with Gasteiger partial charge >= 0.3 is 29.8 Å². The molecule has 370 valence electrons. The maximum Gasteiger partial charge on any atom is 0.324 e. The molecule has 2 heterocycles. The Kier molecular flexibility index (Phi) is 18.0. The number of nitrogens with one attached hydrogen (secondary N) is 2. The van der Waals surface area contributed by atoms with E-state index in [-0.39, 0.29) is 58.7 Å². The fourth-order valence-corrected chi connectivity index (χ4v) is 7.62. The number of fused-ring (bicyclic) bond motifs is 2. The highest BCUT2D eigenvalue weighted by Crippen LogP contribution is 2.25. The topological polar surface area (TPSA) is 173 Å². The van der Waals surface area contributed by atoms with Crippen LogP contribution in [0.25, 0.3) is 21.8 Å². The average molecular weight is 932 g/mol. The summed E-state index contributed by atoms with van der Waals surface area (Å²) in [5.74, 6) is -2.64. The normalized spacial score (nSPS) is 13.8. The molecule has 4 rings (SSSR count). The third kappa shape index (κ3) is 18.8. The van der Waals surface area contributed by atoms with Gasteiger partial charge in [-0.05, 0) is 127 Å². The molecule has 0 saturated heterocycles. The molecular formula is C52H77N5O10. The molecule has 0 saturated carbocycles. The second-order valence-corrected chi connectivity index (χ2v) is 22.2. The third-order valence-electron chi connectivity index (χ3n) is 10.1. The Morgan fingerprint density at radius 2 is 0.761 bits per heavy atom. The molecule has 0 aliphatic heterocycles. The highest BCUT2D eigenvalue weighted by molar-refractivity contribution is 5.86. The summed E-state index contributed by atoms with van der Waals surface area (Å²) in [5.41, 5.74) is -0.593. The van der Waals surface area contributed by atoms with Gasteiger partial charge in [-0.1, -0.05) is 36.4 Å². The minimum Gasteiger partial charge on any atom is -0.459 e. The summed E-state index contributed by atoms with van der Waals surface area (Å²) in [6, 6.07) is 13.6. The minimum absolute atomic E-state index is 0.102. The number of rotatable bonds is 20. The molecule has 0 spiro atoms. The summed E-state index contributed by atoms with van der Waals surface area (Å²) in [6.45, 7) is 26.6. The van der Waals surface area contributed by atoms with Crippen molar-refractivity contribution in [1.29, 1.82) is 0 Å². The van der Waals surface area contributed by atoms with E-state index in [0.717, 1.165) is 32.9 Å². The van der Waals surface area contributed by atoms with Crippen LogP contribution in [0.2, 0.25) is 0 Å². The van der Waals surface area contributed by atoms with Crippen LogP contribution in [0.3, 0.4) is 0 Å². The van der Waals surface area contributed by atoms with Crippen LogP contribution < -0.4 is 0 Å². The number of ether oxygens (including phenoxy) is 5. The summed E-state index contributed by atoms with van der Waals surface area (Å²) in [4.78, 5) is 81.8. The number of carbonyl (C=O) groups is 5. The van der Waals surface area contributed by atoms with Crippen molar-refractivity contribution in [2.45, 2.75) is 157 Å². The van der Waals surface area contributed by atoms with E-state index in [9.17, 15) is 24.0 Å². The van der Waals surface area contributed by atoms with E-state index in [1.54, 1.807) is 114 Å². The maximum absolute atomic E-state index is 14.4. The fourth-order valence-electron chi connectivity index (χ4n) is 7.62. The van der Waals surface area contributed by atoms with Crippen LogP contribution in [0.5, 0.6) is 0 Å². The maximum atomic E-state index is 14.4. The van der Waals surface area contributed by atoms with E-state index in [2.05, 4.69) is 9.97 Å². The van der Waals surface area contributed by atoms with E-state index in [1.165, 1.54) is 0 Å². The molecule has 2 atom stereocenters. The summed E-state index contributed by atoms with van der Waals surface area (Å²) >= 11 is 0. The lowest BCUT2D eigenvalue weighted by atomic mass is 10.0. The van der Waals surface area contributed by atoms with Gasteiger partial charge in [-0.2, -0.15) is 0 Å². The first-order chi connectivity index (χ1) is 30.8. The van der Waals surface area contributed by atoms with Crippen LogP contribution in [0.15, 0.2) is 60.9 Å². The van der Waals surface area contributed by atoms with Gasteiger partial charge in [0.05, 0.1) is 19.6 Å². The van der Waals surface area contributed by atoms with E-state index in [4.69, 9.17) is 23.7 Å². The zero-order valence-electron chi connectivity index (χ0n) is 42.7. The predicted octanol–water partition coefficient (Wildman–Crippen LogP) is 7.79. The van der Waals surface area contributed by atoms with Crippen molar-refractivity contribution in [3.05, 3.63) is 72.1 Å². The predicted molar refractivity (Wildman–Crippen MR) is 260 cm³/mol. The molecule has 0 unspecified atom stereocenters. The van der Waals surface area contributed by atoms with Gasteiger partial charge in [0, 0.05) is 73.2 Å². The number of nitrogens with zero attached hydrogens (tertiary/aromatic N) is 3. The molecule has 0 aliphatic rings. The van der Waals surface area contributed by atoms with Crippen LogP contribution in [0.4, 0.5) is 0 Å². The van der Waals surface area contributed by atoms with E-state index < -0.39 is 69.9 Å². The molecule has 0 bridgehead atoms. The van der Waals surface area contributed by atoms with Crippen molar-refractivity contribution in [2.24, 2.45) is 0 Å². The van der Waals surface area contributed by atoms with Crippen molar-refractivity contribution in [3.8, 4) is 0 Å². The van der Waals surface area contributed by atoms with E-state index >= 15 is 0 Å². The number of H-pyrrole nitrogens is 2. The average Bonchev–Trinajstić information content (AvgIpc) is 3.76. The Morgan fingerprint density at radius 1 is 0.448 bits per heavy atom. The molecule has 2 aromatic heterocycles. The van der Waals surface area contributed by atoms with E-state index in [1.807, 2.05) is 65.8 Å². The van der Waals surface area contributed by atoms with Gasteiger partial charge in [-0.3, -0.25) is 38.7 Å². The number of benzene rings is 2. The summed E-state index contributed by atoms with van der Waals surface area (Å²) in [6.07, 6.45) is 4.12. The lowest BCUT2D eigenvalue weighted by molar-refractivity contribution is -0.166. The number of aromatic amines is 2. The number of hydrogen-bond acceptors (Lipinski definition) is 13. The Labute approximate surface area is 397 Å². The molecule has 67 heavy (non-hydrogen) atoms. The molecule has 0 aliphatic carbocycles. The second kappa shape index (κ2) is 22.2. The summed E-state index contributed by atoms with van der Waals surface area (Å²) < 4.78 is 29.5. The number of esters is 5. The zero-order chi connectivity index (χ0) is 50.1. The first kappa shape index (κ1) is 54.4. The molecule has 15 heteroatoms. The van der Waals surface area contributed by atoms with Crippen molar-refractivity contribution < 1.29 is 47.7 Å². The number of para-hydroxylation sites is 2. The monoisotopic (exact) mass is 932 g/mol. The van der Waals surface area contributed by atoms with Gasteiger partial charge in [-0.25, -0.2) is 0 Å². The fraction of sp³-hybridized carbons (Fsp3) is 0.596. The smallest absolute Gasteiger partial charge is 0.324 e. The zero-order valence-corrected chi connectivity index (χ0v) is 42.7. The Balaban J connectivity index is 1.78. The molecule has 0 fully saturated rings. The molecule has 2 N–H and O–H groups in total. The summed E-state index contributed by atoms with van der Waals surface area (Å²) in [5, 5.41) is 1.86. The van der Waals surface area contributed by atoms with E-state index in [0.29, 0.717) is 0 Å². The Bertz CT molecular complexity index is 2150. The SMILES string of the molecule is CC(C)(C)OC(=O)CN(CCN(CC(=O)OC(C)(C)C)[C@@H](Cc1c[nH]c2ccccc12)C(=O)OC(C)(C)C)CCN(CC(=O)OC(C)(C)C)[C@@H](Cc1c[nH]c2ccccc12)C(=O)OC(C)(C)C. The number of hydrogen-bond donors (Lipinski definition) is 2. The molecule has 0 amide bonds. The van der Waals surface area contributed by atoms with Gasteiger partial charge in [0.15, 0.2) is 0 Å². The highest BCUT2D eigenvalue weighted by Gasteiger charge is 2.37. The molecule has 15 nitrogen and oxygen atoms in total. The van der Waals surface area contributed by atoms with Crippen LogP contribution in [0, 0.1) is 0 Å². The van der Waals surface area contributed by atoms with Crippen LogP contribution in [-0.4, -0.2) is 140 Å². The number of carbonyl (C=O) groups excluding carboxylic acids is 5. The number of aromatic nitrogens is 2. The lowest BCUT2D eigenvalue weighted by Crippen LogP contribution is -2.53. The minimum atomic E-state index is -0.953. The standard InChI is InChI=1S/C52H77N5O10/c1-48(2,3)63-43(58)32-55(24-26-56(33-44(59)64-49(4,5)6)41(46(61)66-51(10,11)12)28-35-30-53-39-22-18-16-20-37(35)39)25-27-57(34-45(60)65-50(7,8)9)42(47(62)67-52(13,14)15)29-36-31-54-40-23-19-17-21-38(36)40/h16-23,30-31,41-42,53-54H,24-29,32-34H2,1-15H3/t41-,42-/m0/s1. The third-order valence-corrected chi connectivity index (χ3v) is 10.1. The quantitative estimate of drug-likeness (QED) is 0.0651. The molecule has 2 aromatic carbocycles. The van der Waals surface area contributed by atoms with Crippen molar-refractivity contribution in [3.63, 3.8) is 0 Å². The van der Waals surface area contributed by atoms with Gasteiger partial charge < -0.3 is 33.7 Å². The molecular weight excluding hydrogens is 855 g/mol. The second-order valence-electron chi connectivity index (χ2n) is 22.2. The van der Waals surface area contributed by atoms with Gasteiger partial charge in [0.1, 0.15) is 40.1 Å². The van der Waals surface area contributed by atoms with Crippen LogP contribution in [-0.2, 0) is 60.5 Å². The van der Waals surface area contributed by atoms with Crippen molar-refractivity contribution in [1.82, 2.24) is 24.7 Å². The first-order valence-electron chi connectivity index (χ1n) is 23.3. The van der Waals surface area contributed by atoms with Crippen LogP contribution in [0.1, 0.15) is 115 Å². The lowest BCUT2D eigenvalue weighted by Gasteiger charge is -2.36. The molecule has 0 radical (unpaired) electrons. The van der Waals surface area contributed by atoms with Gasteiger partial charge in [-0.15, -0.1) is 0 Å².